The first-order valence-corrected chi connectivity index (χ1v) is 5.12. The van der Waals surface area contributed by atoms with E-state index in [1.165, 1.54) is 6.20 Å². The maximum Gasteiger partial charge on any atom is 0.267 e. The molecule has 0 bridgehead atoms. The number of hydrogen-bond donors (Lipinski definition) is 0. The summed E-state index contributed by atoms with van der Waals surface area (Å²) >= 11 is 14.2. The number of pyridine rings is 1. The van der Waals surface area contributed by atoms with Crippen molar-refractivity contribution < 1.29 is 8.78 Å². The third kappa shape index (κ3) is 2.30. The van der Waals surface area contributed by atoms with Gasteiger partial charge in [-0.2, -0.15) is 0 Å². The summed E-state index contributed by atoms with van der Waals surface area (Å²) in [6.45, 7) is 0. The summed E-state index contributed by atoms with van der Waals surface area (Å²) in [7, 11) is 0. The molecule has 0 N–H and O–H groups in total. The topological polar surface area (TPSA) is 12.9 Å². The van der Waals surface area contributed by atoms with Gasteiger partial charge in [-0.1, -0.05) is 39.1 Å². The molecule has 0 saturated heterocycles. The highest BCUT2D eigenvalue weighted by Crippen LogP contribution is 2.34. The average Bonchev–Trinajstić information content (AvgIpc) is 2.08. The van der Waals surface area contributed by atoms with Gasteiger partial charge in [-0.05, 0) is 0 Å². The first-order chi connectivity index (χ1) is 6.07. The fraction of sp³-hybridized carbons (Fsp3) is 0.286. The van der Waals surface area contributed by atoms with Crippen LogP contribution in [0.25, 0.3) is 0 Å². The highest BCUT2D eigenvalue weighted by molar-refractivity contribution is 9.08. The fourth-order valence-corrected chi connectivity index (χ4v) is 1.68. The van der Waals surface area contributed by atoms with Crippen molar-refractivity contribution in [3.05, 3.63) is 27.5 Å². The van der Waals surface area contributed by atoms with E-state index in [2.05, 4.69) is 20.9 Å². The van der Waals surface area contributed by atoms with Gasteiger partial charge in [0.1, 0.15) is 0 Å². The largest absolute Gasteiger partial charge is 0.267 e. The molecule has 0 amide bonds. The van der Waals surface area contributed by atoms with Gasteiger partial charge in [0.15, 0.2) is 0 Å². The van der Waals surface area contributed by atoms with Crippen molar-refractivity contribution in [1.29, 1.82) is 0 Å². The summed E-state index contributed by atoms with van der Waals surface area (Å²) in [5.74, 6) is 0. The minimum absolute atomic E-state index is 0.0432. The molecule has 0 radical (unpaired) electrons. The van der Waals surface area contributed by atoms with Crippen molar-refractivity contribution in [3.63, 3.8) is 0 Å². The van der Waals surface area contributed by atoms with Crippen molar-refractivity contribution in [1.82, 2.24) is 4.98 Å². The van der Waals surface area contributed by atoms with Crippen molar-refractivity contribution in [2.24, 2.45) is 0 Å². The number of hydrogen-bond acceptors (Lipinski definition) is 1. The van der Waals surface area contributed by atoms with Crippen LogP contribution in [0.2, 0.25) is 10.0 Å². The summed E-state index contributed by atoms with van der Waals surface area (Å²) in [6.07, 6.45) is -1.40. The van der Waals surface area contributed by atoms with Gasteiger partial charge in [0.05, 0.1) is 21.3 Å². The van der Waals surface area contributed by atoms with E-state index in [9.17, 15) is 8.78 Å². The Morgan fingerprint density at radius 3 is 2.54 bits per heavy atom. The SMILES string of the molecule is FC(F)c1c(CBr)ncc(Cl)c1Cl. The van der Waals surface area contributed by atoms with Crippen LogP contribution in [0.4, 0.5) is 8.78 Å². The predicted octanol–water partition coefficient (Wildman–Crippen LogP) is 4.22. The van der Waals surface area contributed by atoms with Gasteiger partial charge < -0.3 is 0 Å². The molecule has 1 aromatic rings. The van der Waals surface area contributed by atoms with Crippen LogP contribution < -0.4 is 0 Å². The molecule has 0 unspecified atom stereocenters. The van der Waals surface area contributed by atoms with Crippen LogP contribution in [-0.2, 0) is 5.33 Å². The zero-order chi connectivity index (χ0) is 10.0. The third-order valence-electron chi connectivity index (χ3n) is 1.44. The number of rotatable bonds is 2. The van der Waals surface area contributed by atoms with Gasteiger partial charge in [-0.15, -0.1) is 0 Å². The zero-order valence-corrected chi connectivity index (χ0v) is 9.30. The van der Waals surface area contributed by atoms with Crippen LogP contribution >= 0.6 is 39.1 Å². The summed E-state index contributed by atoms with van der Waals surface area (Å²) in [5, 5.41) is 0.145. The molecular formula is C7H4BrCl2F2N. The molecule has 0 aromatic carbocycles. The van der Waals surface area contributed by atoms with Crippen LogP contribution in [-0.4, -0.2) is 4.98 Å². The molecule has 1 nitrogen and oxygen atoms in total. The molecule has 72 valence electrons. The van der Waals surface area contributed by atoms with E-state index in [4.69, 9.17) is 23.2 Å². The Labute approximate surface area is 92.2 Å². The first-order valence-electron chi connectivity index (χ1n) is 3.24. The third-order valence-corrected chi connectivity index (χ3v) is 2.76. The second-order valence-electron chi connectivity index (χ2n) is 2.21. The summed E-state index contributed by atoms with van der Waals surface area (Å²) in [4.78, 5) is 3.74. The molecule has 0 saturated carbocycles. The Morgan fingerprint density at radius 1 is 1.46 bits per heavy atom. The van der Waals surface area contributed by atoms with E-state index in [0.29, 0.717) is 0 Å². The molecule has 13 heavy (non-hydrogen) atoms. The Morgan fingerprint density at radius 2 is 2.08 bits per heavy atom. The molecule has 0 aliphatic carbocycles. The normalized spacial score (nSPS) is 10.9. The van der Waals surface area contributed by atoms with E-state index in [-0.39, 0.29) is 26.6 Å². The lowest BCUT2D eigenvalue weighted by Gasteiger charge is -2.08. The van der Waals surface area contributed by atoms with Crippen LogP contribution in [0.3, 0.4) is 0 Å². The minimum atomic E-state index is -2.66. The van der Waals surface area contributed by atoms with Crippen LogP contribution in [0.1, 0.15) is 17.7 Å². The molecule has 0 fully saturated rings. The van der Waals surface area contributed by atoms with Crippen LogP contribution in [0.5, 0.6) is 0 Å². The maximum atomic E-state index is 12.5. The van der Waals surface area contributed by atoms with Crippen molar-refractivity contribution in [2.75, 3.05) is 0 Å². The molecule has 1 heterocycles. The lowest BCUT2D eigenvalue weighted by Crippen LogP contribution is -1.97. The van der Waals surface area contributed by atoms with Crippen molar-refractivity contribution in [2.45, 2.75) is 11.8 Å². The molecule has 6 heteroatoms. The van der Waals surface area contributed by atoms with E-state index in [1.807, 2.05) is 0 Å². The van der Waals surface area contributed by atoms with Gasteiger partial charge in [-0.3, -0.25) is 4.98 Å². The molecule has 0 spiro atoms. The molecule has 0 aliphatic heterocycles. The number of alkyl halides is 3. The zero-order valence-electron chi connectivity index (χ0n) is 6.20. The molecular weight excluding hydrogens is 287 g/mol. The highest BCUT2D eigenvalue weighted by Gasteiger charge is 2.19. The number of nitrogens with zero attached hydrogens (tertiary/aromatic N) is 1. The first kappa shape index (κ1) is 11.1. The summed E-state index contributed by atoms with van der Waals surface area (Å²) in [6, 6.07) is 0. The average molecular weight is 291 g/mol. The monoisotopic (exact) mass is 289 g/mol. The van der Waals surface area contributed by atoms with Crippen molar-refractivity contribution >= 4 is 39.1 Å². The lowest BCUT2D eigenvalue weighted by atomic mass is 10.2. The molecule has 1 aromatic heterocycles. The van der Waals surface area contributed by atoms with Gasteiger partial charge >= 0.3 is 0 Å². The smallest absolute Gasteiger partial charge is 0.258 e. The predicted molar refractivity (Wildman–Crippen MR) is 51.8 cm³/mol. The van der Waals surface area contributed by atoms with Crippen LogP contribution in [0.15, 0.2) is 6.20 Å². The Bertz CT molecular complexity index is 320. The van der Waals surface area contributed by atoms with Gasteiger partial charge in [0, 0.05) is 11.5 Å². The van der Waals surface area contributed by atoms with Gasteiger partial charge in [0.25, 0.3) is 6.43 Å². The van der Waals surface area contributed by atoms with Gasteiger partial charge in [-0.25, -0.2) is 8.78 Å². The van der Waals surface area contributed by atoms with Crippen molar-refractivity contribution in [3.8, 4) is 0 Å². The lowest BCUT2D eigenvalue weighted by molar-refractivity contribution is 0.150. The molecule has 0 aliphatic rings. The fourth-order valence-electron chi connectivity index (χ4n) is 0.844. The minimum Gasteiger partial charge on any atom is -0.258 e. The van der Waals surface area contributed by atoms with Crippen LogP contribution in [0, 0.1) is 0 Å². The maximum absolute atomic E-state index is 12.5. The van der Waals surface area contributed by atoms with E-state index >= 15 is 0 Å². The number of aromatic nitrogens is 1. The standard InChI is InChI=1S/C7H4BrCl2F2N/c8-1-4-5(7(11)12)6(10)3(9)2-13-4/h2,7H,1H2. The van der Waals surface area contributed by atoms with E-state index in [0.717, 1.165) is 0 Å². The highest BCUT2D eigenvalue weighted by atomic mass is 79.9. The summed E-state index contributed by atoms with van der Waals surface area (Å²) < 4.78 is 24.9. The molecule has 1 rings (SSSR count). The quantitative estimate of drug-likeness (QED) is 0.743. The second-order valence-corrected chi connectivity index (χ2v) is 3.56. The Balaban J connectivity index is 3.32. The molecule has 0 atom stereocenters. The van der Waals surface area contributed by atoms with Gasteiger partial charge in [0.2, 0.25) is 0 Å². The number of halogens is 5. The Kier molecular flexibility index (Phi) is 3.88. The second kappa shape index (κ2) is 4.53. The Hall–Kier alpha value is 0.0700. The van der Waals surface area contributed by atoms with E-state index in [1.54, 1.807) is 0 Å². The van der Waals surface area contributed by atoms with E-state index < -0.39 is 6.43 Å². The summed E-state index contributed by atoms with van der Waals surface area (Å²) in [5.41, 5.74) is -0.0876.